The van der Waals surface area contributed by atoms with Gasteiger partial charge in [-0.1, -0.05) is 0 Å². The molecule has 92 valence electrons. The van der Waals surface area contributed by atoms with Crippen LogP contribution in [0.1, 0.15) is 39.0 Å². The molecule has 1 saturated carbocycles. The van der Waals surface area contributed by atoms with Crippen LogP contribution in [0.2, 0.25) is 0 Å². The Labute approximate surface area is 101 Å². The molecule has 0 unspecified atom stereocenters. The van der Waals surface area contributed by atoms with E-state index in [1.807, 2.05) is 6.92 Å². The molecule has 1 aliphatic carbocycles. The molecular formula is C12H19ClO3. The van der Waals surface area contributed by atoms with Gasteiger partial charge in [0.1, 0.15) is 0 Å². The van der Waals surface area contributed by atoms with Crippen LogP contribution in [-0.4, -0.2) is 30.7 Å². The smallest absolute Gasteiger partial charge is 0.311 e. The van der Waals surface area contributed by atoms with Gasteiger partial charge >= 0.3 is 5.97 Å². The zero-order valence-electron chi connectivity index (χ0n) is 9.71. The third-order valence-electron chi connectivity index (χ3n) is 3.57. The number of fused-ring (bicyclic) bond motifs is 1. The minimum Gasteiger partial charge on any atom is -0.465 e. The summed E-state index contributed by atoms with van der Waals surface area (Å²) in [5.41, 5.74) is -0.321. The number of carbonyl (C=O) groups is 1. The van der Waals surface area contributed by atoms with Gasteiger partial charge in [0.15, 0.2) is 0 Å². The van der Waals surface area contributed by atoms with Crippen molar-refractivity contribution in [2.24, 2.45) is 5.41 Å². The first-order valence-electron chi connectivity index (χ1n) is 6.04. The van der Waals surface area contributed by atoms with Crippen LogP contribution in [0.3, 0.4) is 0 Å². The van der Waals surface area contributed by atoms with Crippen molar-refractivity contribution in [3.05, 3.63) is 0 Å². The first kappa shape index (κ1) is 12.2. The summed E-state index contributed by atoms with van der Waals surface area (Å²) < 4.78 is 10.7. The second-order valence-electron chi connectivity index (χ2n) is 5.05. The lowest BCUT2D eigenvalue weighted by molar-refractivity contribution is -0.156. The minimum absolute atomic E-state index is 0.0592. The van der Waals surface area contributed by atoms with Gasteiger partial charge in [-0.25, -0.2) is 0 Å². The Morgan fingerprint density at radius 3 is 3.00 bits per heavy atom. The first-order chi connectivity index (χ1) is 7.65. The Kier molecular flexibility index (Phi) is 3.75. The van der Waals surface area contributed by atoms with Gasteiger partial charge in [0.05, 0.1) is 24.2 Å². The lowest BCUT2D eigenvalue weighted by Gasteiger charge is -2.28. The quantitative estimate of drug-likeness (QED) is 0.324. The largest absolute Gasteiger partial charge is 0.465 e. The molecule has 16 heavy (non-hydrogen) atoms. The third-order valence-corrected chi connectivity index (χ3v) is 3.84. The Hall–Kier alpha value is -0.280. The predicted molar refractivity (Wildman–Crippen MR) is 61.5 cm³/mol. The zero-order valence-corrected chi connectivity index (χ0v) is 10.5. The van der Waals surface area contributed by atoms with Crippen LogP contribution in [0, 0.1) is 5.41 Å². The second kappa shape index (κ2) is 4.92. The Morgan fingerprint density at radius 1 is 1.50 bits per heavy atom. The summed E-state index contributed by atoms with van der Waals surface area (Å²) >= 11 is 5.56. The standard InChI is InChI=1S/C12H19ClO3/c1-12(5-4-9-10(8-12)16-9)11(14)15-7-3-2-6-13/h9-10H,2-8H2,1H3/t9-,10-,12+/m1/s1. The van der Waals surface area contributed by atoms with Crippen LogP contribution >= 0.6 is 11.6 Å². The van der Waals surface area contributed by atoms with Crippen LogP contribution in [0.15, 0.2) is 0 Å². The summed E-state index contributed by atoms with van der Waals surface area (Å²) in [6.07, 6.45) is 5.21. The molecule has 0 aromatic rings. The van der Waals surface area contributed by atoms with Crippen molar-refractivity contribution in [1.82, 2.24) is 0 Å². The van der Waals surface area contributed by atoms with Gasteiger partial charge in [0, 0.05) is 5.88 Å². The summed E-state index contributed by atoms with van der Waals surface area (Å²) in [5, 5.41) is 0. The number of unbranched alkanes of at least 4 members (excludes halogenated alkanes) is 1. The van der Waals surface area contributed by atoms with Gasteiger partial charge in [-0.05, 0) is 39.0 Å². The van der Waals surface area contributed by atoms with Crippen LogP contribution < -0.4 is 0 Å². The normalized spacial score (nSPS) is 36.6. The average Bonchev–Trinajstić information content (AvgIpc) is 3.02. The molecule has 0 aromatic carbocycles. The molecule has 0 radical (unpaired) electrons. The lowest BCUT2D eigenvalue weighted by atomic mass is 9.76. The number of hydrogen-bond donors (Lipinski definition) is 0. The Bertz CT molecular complexity index is 269. The molecule has 1 heterocycles. The number of alkyl halides is 1. The highest BCUT2D eigenvalue weighted by molar-refractivity contribution is 6.17. The highest BCUT2D eigenvalue weighted by Gasteiger charge is 2.52. The van der Waals surface area contributed by atoms with Gasteiger partial charge in [-0.15, -0.1) is 11.6 Å². The van der Waals surface area contributed by atoms with E-state index in [4.69, 9.17) is 21.1 Å². The summed E-state index contributed by atoms with van der Waals surface area (Å²) in [6.45, 7) is 2.49. The van der Waals surface area contributed by atoms with E-state index < -0.39 is 0 Å². The van der Waals surface area contributed by atoms with Gasteiger partial charge < -0.3 is 9.47 Å². The van der Waals surface area contributed by atoms with Crippen LogP contribution in [0.4, 0.5) is 0 Å². The highest BCUT2D eigenvalue weighted by atomic mass is 35.5. The number of ether oxygens (including phenoxy) is 2. The Balaban J connectivity index is 1.74. The molecule has 0 spiro atoms. The first-order valence-corrected chi connectivity index (χ1v) is 6.58. The molecule has 0 aromatic heterocycles. The topological polar surface area (TPSA) is 38.8 Å². The number of halogens is 1. The maximum absolute atomic E-state index is 11.9. The Morgan fingerprint density at radius 2 is 2.31 bits per heavy atom. The van der Waals surface area contributed by atoms with Gasteiger partial charge in [-0.2, -0.15) is 0 Å². The molecule has 4 heteroatoms. The monoisotopic (exact) mass is 246 g/mol. The van der Waals surface area contributed by atoms with E-state index in [0.29, 0.717) is 24.7 Å². The van der Waals surface area contributed by atoms with Crippen LogP contribution in [0.25, 0.3) is 0 Å². The lowest BCUT2D eigenvalue weighted by Crippen LogP contribution is -2.35. The van der Waals surface area contributed by atoms with Gasteiger partial charge in [-0.3, -0.25) is 4.79 Å². The van der Waals surface area contributed by atoms with Crippen molar-refractivity contribution in [2.75, 3.05) is 12.5 Å². The van der Waals surface area contributed by atoms with E-state index in [1.54, 1.807) is 0 Å². The fourth-order valence-corrected chi connectivity index (χ4v) is 2.53. The van der Waals surface area contributed by atoms with Crippen molar-refractivity contribution >= 4 is 17.6 Å². The van der Waals surface area contributed by atoms with Crippen molar-refractivity contribution in [3.63, 3.8) is 0 Å². The van der Waals surface area contributed by atoms with E-state index in [2.05, 4.69) is 0 Å². The maximum atomic E-state index is 11.9. The van der Waals surface area contributed by atoms with E-state index >= 15 is 0 Å². The third kappa shape index (κ3) is 2.69. The number of esters is 1. The van der Waals surface area contributed by atoms with Crippen LogP contribution in [0.5, 0.6) is 0 Å². The van der Waals surface area contributed by atoms with E-state index in [0.717, 1.165) is 32.1 Å². The van der Waals surface area contributed by atoms with Gasteiger partial charge in [0.25, 0.3) is 0 Å². The molecule has 2 fully saturated rings. The predicted octanol–water partition coefficient (Wildman–Crippen LogP) is 2.51. The van der Waals surface area contributed by atoms with E-state index in [1.165, 1.54) is 0 Å². The summed E-state index contributed by atoms with van der Waals surface area (Å²) in [6, 6.07) is 0. The van der Waals surface area contributed by atoms with E-state index in [9.17, 15) is 4.79 Å². The fraction of sp³-hybridized carbons (Fsp3) is 0.917. The SMILES string of the molecule is C[C@]1(C(=O)OCCCCCl)CC[C@H]2O[C@@H]2C1. The molecule has 3 atom stereocenters. The second-order valence-corrected chi connectivity index (χ2v) is 5.43. The number of epoxide rings is 1. The average molecular weight is 247 g/mol. The number of rotatable bonds is 5. The summed E-state index contributed by atoms with van der Waals surface area (Å²) in [4.78, 5) is 11.9. The molecular weight excluding hydrogens is 228 g/mol. The number of carbonyl (C=O) groups excluding carboxylic acids is 1. The highest BCUT2D eigenvalue weighted by Crippen LogP contribution is 2.46. The van der Waals surface area contributed by atoms with Crippen molar-refractivity contribution in [3.8, 4) is 0 Å². The molecule has 3 nitrogen and oxygen atoms in total. The molecule has 2 aliphatic rings. The summed E-state index contributed by atoms with van der Waals surface area (Å²) in [5.74, 6) is 0.572. The van der Waals surface area contributed by atoms with Crippen LogP contribution in [-0.2, 0) is 14.3 Å². The number of hydrogen-bond acceptors (Lipinski definition) is 3. The minimum atomic E-state index is -0.321. The van der Waals surface area contributed by atoms with Crippen molar-refractivity contribution < 1.29 is 14.3 Å². The van der Waals surface area contributed by atoms with Gasteiger partial charge in [0.2, 0.25) is 0 Å². The van der Waals surface area contributed by atoms with E-state index in [-0.39, 0.29) is 11.4 Å². The molecule has 0 amide bonds. The molecule has 0 bridgehead atoms. The zero-order chi connectivity index (χ0) is 11.6. The van der Waals surface area contributed by atoms with Crippen molar-refractivity contribution in [2.45, 2.75) is 51.2 Å². The summed E-state index contributed by atoms with van der Waals surface area (Å²) in [7, 11) is 0. The van der Waals surface area contributed by atoms with Crippen molar-refractivity contribution in [1.29, 1.82) is 0 Å². The molecule has 1 aliphatic heterocycles. The molecule has 0 N–H and O–H groups in total. The fourth-order valence-electron chi connectivity index (χ4n) is 2.34. The maximum Gasteiger partial charge on any atom is 0.311 e. The molecule has 1 saturated heterocycles. The molecule has 2 rings (SSSR count).